The van der Waals surface area contributed by atoms with Crippen LogP contribution in [0.3, 0.4) is 0 Å². The van der Waals surface area contributed by atoms with E-state index in [0.29, 0.717) is 33.5 Å². The van der Waals surface area contributed by atoms with Gasteiger partial charge in [-0.15, -0.1) is 11.3 Å². The van der Waals surface area contributed by atoms with Crippen molar-refractivity contribution in [2.24, 2.45) is 0 Å². The maximum absolute atomic E-state index is 13.2. The van der Waals surface area contributed by atoms with Crippen molar-refractivity contribution in [3.8, 4) is 11.1 Å². The Labute approximate surface area is 180 Å². The zero-order valence-corrected chi connectivity index (χ0v) is 17.3. The maximum Gasteiger partial charge on any atom is 0.338 e. The third-order valence-electron chi connectivity index (χ3n) is 4.75. The Hall–Kier alpha value is -3.85. The molecular weight excluding hydrogens is 418 g/mol. The number of ether oxygens (including phenoxy) is 1. The average Bonchev–Trinajstić information content (AvgIpc) is 3.21. The fourth-order valence-electron chi connectivity index (χ4n) is 3.24. The van der Waals surface area contributed by atoms with E-state index in [1.165, 1.54) is 34.4 Å². The van der Waals surface area contributed by atoms with Gasteiger partial charge < -0.3 is 4.74 Å². The third-order valence-corrected chi connectivity index (χ3v) is 5.63. The Morgan fingerprint density at radius 1 is 1.23 bits per heavy atom. The van der Waals surface area contributed by atoms with Crippen LogP contribution in [0.1, 0.15) is 22.8 Å². The van der Waals surface area contributed by atoms with Crippen LogP contribution in [-0.2, 0) is 11.3 Å². The van der Waals surface area contributed by atoms with Gasteiger partial charge in [-0.05, 0) is 30.2 Å². The summed E-state index contributed by atoms with van der Waals surface area (Å²) in [5.41, 5.74) is 2.20. The van der Waals surface area contributed by atoms with E-state index < -0.39 is 10.9 Å². The van der Waals surface area contributed by atoms with Gasteiger partial charge >= 0.3 is 5.97 Å². The quantitative estimate of drug-likeness (QED) is 0.255. The number of non-ortho nitro benzene ring substituents is 1. The molecule has 0 unspecified atom stereocenters. The van der Waals surface area contributed by atoms with Crippen LogP contribution in [0, 0.1) is 10.1 Å². The van der Waals surface area contributed by atoms with Crippen molar-refractivity contribution in [1.29, 1.82) is 0 Å². The van der Waals surface area contributed by atoms with E-state index in [9.17, 15) is 19.7 Å². The Morgan fingerprint density at radius 3 is 2.71 bits per heavy atom. The first-order valence-electron chi connectivity index (χ1n) is 9.45. The fraction of sp³-hybridized carbons (Fsp3) is 0.136. The van der Waals surface area contributed by atoms with Crippen LogP contribution in [0.5, 0.6) is 0 Å². The number of nitrogens with zero attached hydrogens (tertiary/aromatic N) is 3. The molecule has 0 saturated heterocycles. The summed E-state index contributed by atoms with van der Waals surface area (Å²) in [5.74, 6) is -0.394. The number of thiophene rings is 1. The van der Waals surface area contributed by atoms with Crippen molar-refractivity contribution in [3.05, 3.63) is 91.8 Å². The van der Waals surface area contributed by atoms with E-state index in [2.05, 4.69) is 4.98 Å². The molecule has 2 aromatic heterocycles. The number of aromatic nitrogens is 2. The number of rotatable bonds is 6. The molecule has 0 amide bonds. The zero-order chi connectivity index (χ0) is 22.0. The van der Waals surface area contributed by atoms with E-state index in [1.54, 1.807) is 48.7 Å². The second-order valence-corrected chi connectivity index (χ2v) is 7.59. The SMILES string of the molecule is CCOC(=O)c1ccc(Cn2cnc3scc(-c4cccc([N+](=O)[O-])c4)c3c2=O)cc1. The van der Waals surface area contributed by atoms with Gasteiger partial charge in [0.15, 0.2) is 0 Å². The highest BCUT2D eigenvalue weighted by Crippen LogP contribution is 2.32. The number of hydrogen-bond donors (Lipinski definition) is 0. The van der Waals surface area contributed by atoms with Gasteiger partial charge in [-0.1, -0.05) is 24.3 Å². The lowest BCUT2D eigenvalue weighted by molar-refractivity contribution is -0.384. The smallest absolute Gasteiger partial charge is 0.338 e. The summed E-state index contributed by atoms with van der Waals surface area (Å²) in [5, 5.41) is 13.3. The molecule has 31 heavy (non-hydrogen) atoms. The number of nitro benzene ring substituents is 1. The summed E-state index contributed by atoms with van der Waals surface area (Å²) < 4.78 is 6.46. The summed E-state index contributed by atoms with van der Waals surface area (Å²) >= 11 is 1.32. The second-order valence-electron chi connectivity index (χ2n) is 6.73. The normalized spacial score (nSPS) is 10.9. The molecule has 0 spiro atoms. The largest absolute Gasteiger partial charge is 0.462 e. The first-order chi connectivity index (χ1) is 15.0. The van der Waals surface area contributed by atoms with Gasteiger partial charge in [0.25, 0.3) is 11.2 Å². The number of fused-ring (bicyclic) bond motifs is 1. The lowest BCUT2D eigenvalue weighted by Gasteiger charge is -2.08. The molecule has 9 heteroatoms. The highest BCUT2D eigenvalue weighted by Gasteiger charge is 2.16. The average molecular weight is 435 g/mol. The molecule has 0 aliphatic rings. The molecule has 4 rings (SSSR count). The molecule has 2 aromatic carbocycles. The van der Waals surface area contributed by atoms with E-state index in [1.807, 2.05) is 0 Å². The summed E-state index contributed by atoms with van der Waals surface area (Å²) in [7, 11) is 0. The molecule has 0 atom stereocenters. The molecule has 0 aliphatic heterocycles. The molecule has 0 radical (unpaired) electrons. The Kier molecular flexibility index (Phi) is 5.59. The zero-order valence-electron chi connectivity index (χ0n) is 16.5. The minimum atomic E-state index is -0.464. The van der Waals surface area contributed by atoms with Crippen LogP contribution in [0.15, 0.2) is 65.0 Å². The van der Waals surface area contributed by atoms with Crippen LogP contribution in [-0.4, -0.2) is 27.1 Å². The van der Waals surface area contributed by atoms with Gasteiger partial charge in [0, 0.05) is 23.1 Å². The van der Waals surface area contributed by atoms with Crippen molar-refractivity contribution in [3.63, 3.8) is 0 Å². The minimum Gasteiger partial charge on any atom is -0.462 e. The van der Waals surface area contributed by atoms with Gasteiger partial charge in [-0.25, -0.2) is 9.78 Å². The van der Waals surface area contributed by atoms with Crippen molar-refractivity contribution in [2.75, 3.05) is 6.61 Å². The second kappa shape index (κ2) is 8.49. The maximum atomic E-state index is 13.2. The molecule has 0 bridgehead atoms. The first kappa shape index (κ1) is 20.4. The van der Waals surface area contributed by atoms with Gasteiger partial charge in [0.2, 0.25) is 0 Å². The van der Waals surface area contributed by atoms with Crippen LogP contribution in [0.2, 0.25) is 0 Å². The van der Waals surface area contributed by atoms with Gasteiger partial charge in [0.05, 0.1) is 35.4 Å². The molecule has 8 nitrogen and oxygen atoms in total. The van der Waals surface area contributed by atoms with Crippen molar-refractivity contribution in [1.82, 2.24) is 9.55 Å². The summed E-state index contributed by atoms with van der Waals surface area (Å²) in [4.78, 5) is 40.6. The topological polar surface area (TPSA) is 104 Å². The number of nitro groups is 1. The van der Waals surface area contributed by atoms with Crippen molar-refractivity contribution in [2.45, 2.75) is 13.5 Å². The standard InChI is InChI=1S/C22H17N3O5S/c1-2-30-22(27)15-8-6-14(7-9-15)11-24-13-23-20-19(21(24)26)18(12-31-20)16-4-3-5-17(10-16)25(28)29/h3-10,12-13H,2,11H2,1H3. The molecule has 0 aliphatic carbocycles. The van der Waals surface area contributed by atoms with Crippen LogP contribution >= 0.6 is 11.3 Å². The van der Waals surface area contributed by atoms with E-state index >= 15 is 0 Å². The van der Waals surface area contributed by atoms with Crippen molar-refractivity contribution >= 4 is 33.2 Å². The summed E-state index contributed by atoms with van der Waals surface area (Å²) in [6, 6.07) is 13.0. The van der Waals surface area contributed by atoms with Crippen LogP contribution < -0.4 is 5.56 Å². The first-order valence-corrected chi connectivity index (χ1v) is 10.3. The van der Waals surface area contributed by atoms with E-state index in [4.69, 9.17) is 4.74 Å². The predicted octanol–water partition coefficient (Wildman–Crippen LogP) is 4.26. The Morgan fingerprint density at radius 2 is 2.00 bits per heavy atom. The molecular formula is C22H17N3O5S. The lowest BCUT2D eigenvalue weighted by Crippen LogP contribution is -2.21. The van der Waals surface area contributed by atoms with Crippen molar-refractivity contribution < 1.29 is 14.5 Å². The summed E-state index contributed by atoms with van der Waals surface area (Å²) in [6.07, 6.45) is 1.48. The number of esters is 1. The lowest BCUT2D eigenvalue weighted by atomic mass is 10.1. The third kappa shape index (κ3) is 4.08. The molecule has 0 fully saturated rings. The Balaban J connectivity index is 1.69. The van der Waals surface area contributed by atoms with Crippen LogP contribution in [0.4, 0.5) is 5.69 Å². The Bertz CT molecular complexity index is 1340. The number of benzene rings is 2. The van der Waals surface area contributed by atoms with E-state index in [-0.39, 0.29) is 17.8 Å². The molecule has 0 N–H and O–H groups in total. The number of carbonyl (C=O) groups is 1. The number of carbonyl (C=O) groups excluding carboxylic acids is 1. The fourth-order valence-corrected chi connectivity index (χ4v) is 4.14. The predicted molar refractivity (Wildman–Crippen MR) is 117 cm³/mol. The van der Waals surface area contributed by atoms with Gasteiger partial charge in [0.1, 0.15) is 4.83 Å². The molecule has 156 valence electrons. The van der Waals surface area contributed by atoms with Gasteiger partial charge in [-0.3, -0.25) is 19.5 Å². The van der Waals surface area contributed by atoms with E-state index in [0.717, 1.165) is 5.56 Å². The van der Waals surface area contributed by atoms with Gasteiger partial charge in [-0.2, -0.15) is 0 Å². The monoisotopic (exact) mass is 435 g/mol. The van der Waals surface area contributed by atoms with Crippen LogP contribution in [0.25, 0.3) is 21.3 Å². The molecule has 0 saturated carbocycles. The number of hydrogen-bond acceptors (Lipinski definition) is 7. The minimum absolute atomic E-state index is 0.0391. The summed E-state index contributed by atoms with van der Waals surface area (Å²) in [6.45, 7) is 2.32. The molecule has 4 aromatic rings. The highest BCUT2D eigenvalue weighted by atomic mass is 32.1. The molecule has 2 heterocycles. The highest BCUT2D eigenvalue weighted by molar-refractivity contribution is 7.17.